The molecule has 0 aliphatic heterocycles. The Morgan fingerprint density at radius 3 is 2.54 bits per heavy atom. The highest BCUT2D eigenvalue weighted by molar-refractivity contribution is 7.99. The second-order valence-electron chi connectivity index (χ2n) is 8.09. The van der Waals surface area contributed by atoms with E-state index in [1.807, 2.05) is 73.0 Å². The van der Waals surface area contributed by atoms with E-state index in [2.05, 4.69) is 20.7 Å². The SMILES string of the molecule is CCn1c(SCC(=O)N/N=C\c2ccc(OCc3ccc(Cl)cc3Cl)cc2)nnc1-c1ccc(C)cc1. The van der Waals surface area contributed by atoms with E-state index in [1.54, 1.807) is 18.3 Å². The van der Waals surface area contributed by atoms with Gasteiger partial charge in [0.2, 0.25) is 0 Å². The molecule has 0 bridgehead atoms. The van der Waals surface area contributed by atoms with Gasteiger partial charge in [0, 0.05) is 27.7 Å². The summed E-state index contributed by atoms with van der Waals surface area (Å²) in [6.45, 7) is 5.10. The second kappa shape index (κ2) is 12.8. The molecule has 0 radical (unpaired) electrons. The molecule has 4 rings (SSSR count). The zero-order chi connectivity index (χ0) is 26.2. The van der Waals surface area contributed by atoms with Crippen molar-refractivity contribution in [1.82, 2.24) is 20.2 Å². The summed E-state index contributed by atoms with van der Waals surface area (Å²) in [5, 5.41) is 14.5. The molecule has 7 nitrogen and oxygen atoms in total. The molecule has 1 N–H and O–H groups in total. The van der Waals surface area contributed by atoms with E-state index in [1.165, 1.54) is 17.3 Å². The highest BCUT2D eigenvalue weighted by Crippen LogP contribution is 2.25. The summed E-state index contributed by atoms with van der Waals surface area (Å²) in [4.78, 5) is 12.3. The van der Waals surface area contributed by atoms with E-state index in [0.29, 0.717) is 34.1 Å². The Bertz CT molecular complexity index is 1390. The van der Waals surface area contributed by atoms with Gasteiger partial charge in [-0.2, -0.15) is 5.10 Å². The first-order valence-corrected chi connectivity index (χ1v) is 13.3. The number of amides is 1. The highest BCUT2D eigenvalue weighted by atomic mass is 35.5. The molecule has 1 heterocycles. The first-order chi connectivity index (χ1) is 17.9. The molecule has 0 aliphatic rings. The predicted octanol–water partition coefficient (Wildman–Crippen LogP) is 6.40. The van der Waals surface area contributed by atoms with Crippen LogP contribution in [0.3, 0.4) is 0 Å². The zero-order valence-corrected chi connectivity index (χ0v) is 22.6. The van der Waals surface area contributed by atoms with Crippen LogP contribution in [0.5, 0.6) is 5.75 Å². The summed E-state index contributed by atoms with van der Waals surface area (Å²) in [5.74, 6) is 1.41. The van der Waals surface area contributed by atoms with Gasteiger partial charge in [0.25, 0.3) is 5.91 Å². The second-order valence-corrected chi connectivity index (χ2v) is 9.88. The first kappa shape index (κ1) is 26.7. The Balaban J connectivity index is 1.26. The van der Waals surface area contributed by atoms with Crippen molar-refractivity contribution in [2.24, 2.45) is 5.10 Å². The standard InChI is InChI=1S/C27H25Cl2N5O2S/c1-3-34-26(20-8-4-18(2)5-9-20)32-33-27(34)37-17-25(35)31-30-15-19-6-12-23(13-7-19)36-16-21-10-11-22(28)14-24(21)29/h4-15H,3,16-17H2,1-2H3,(H,31,35)/b30-15-. The lowest BCUT2D eigenvalue weighted by atomic mass is 10.1. The van der Waals surface area contributed by atoms with Gasteiger partial charge in [0.1, 0.15) is 12.4 Å². The van der Waals surface area contributed by atoms with Gasteiger partial charge >= 0.3 is 0 Å². The lowest BCUT2D eigenvalue weighted by Gasteiger charge is -2.08. The number of thioether (sulfide) groups is 1. The lowest BCUT2D eigenvalue weighted by Crippen LogP contribution is -2.20. The molecule has 0 fully saturated rings. The average Bonchev–Trinajstić information content (AvgIpc) is 3.31. The maximum absolute atomic E-state index is 12.3. The third-order valence-corrected chi connectivity index (χ3v) is 6.92. The molecule has 0 saturated heterocycles. The third-order valence-electron chi connectivity index (χ3n) is 5.37. The number of aromatic nitrogens is 3. The van der Waals surface area contributed by atoms with Gasteiger partial charge in [-0.3, -0.25) is 4.79 Å². The first-order valence-electron chi connectivity index (χ1n) is 11.5. The van der Waals surface area contributed by atoms with Crippen LogP contribution in [0, 0.1) is 6.92 Å². The molecule has 0 unspecified atom stereocenters. The van der Waals surface area contributed by atoms with Gasteiger partial charge in [-0.25, -0.2) is 5.43 Å². The van der Waals surface area contributed by atoms with Crippen LogP contribution in [0.1, 0.15) is 23.6 Å². The van der Waals surface area contributed by atoms with Crippen LogP contribution in [0.4, 0.5) is 0 Å². The molecule has 0 aliphatic carbocycles. The minimum atomic E-state index is -0.233. The Kier molecular flexibility index (Phi) is 9.22. The minimum Gasteiger partial charge on any atom is -0.489 e. The molecule has 0 spiro atoms. The van der Waals surface area contributed by atoms with Crippen molar-refractivity contribution in [3.05, 3.63) is 93.5 Å². The van der Waals surface area contributed by atoms with Crippen molar-refractivity contribution >= 4 is 47.1 Å². The van der Waals surface area contributed by atoms with Crippen molar-refractivity contribution in [3.8, 4) is 17.1 Å². The van der Waals surface area contributed by atoms with Crippen LogP contribution in [-0.4, -0.2) is 32.6 Å². The van der Waals surface area contributed by atoms with Gasteiger partial charge in [-0.15, -0.1) is 10.2 Å². The van der Waals surface area contributed by atoms with Crippen LogP contribution in [0.15, 0.2) is 77.0 Å². The molecular weight excluding hydrogens is 529 g/mol. The zero-order valence-electron chi connectivity index (χ0n) is 20.3. The number of hydrogen-bond donors (Lipinski definition) is 1. The largest absolute Gasteiger partial charge is 0.489 e. The molecule has 1 aromatic heterocycles. The van der Waals surface area contributed by atoms with Crippen molar-refractivity contribution < 1.29 is 9.53 Å². The lowest BCUT2D eigenvalue weighted by molar-refractivity contribution is -0.118. The molecule has 10 heteroatoms. The molecule has 37 heavy (non-hydrogen) atoms. The Morgan fingerprint density at radius 1 is 1.08 bits per heavy atom. The normalized spacial score (nSPS) is 11.1. The minimum absolute atomic E-state index is 0.170. The topological polar surface area (TPSA) is 81.4 Å². The van der Waals surface area contributed by atoms with Crippen molar-refractivity contribution in [3.63, 3.8) is 0 Å². The number of nitrogens with zero attached hydrogens (tertiary/aromatic N) is 4. The van der Waals surface area contributed by atoms with Gasteiger partial charge in [-0.05, 0) is 55.8 Å². The van der Waals surface area contributed by atoms with Gasteiger partial charge in [0.15, 0.2) is 11.0 Å². The number of carbonyl (C=O) groups is 1. The molecular formula is C27H25Cl2N5O2S. The smallest absolute Gasteiger partial charge is 0.250 e. The Morgan fingerprint density at radius 2 is 1.84 bits per heavy atom. The van der Waals surface area contributed by atoms with Crippen LogP contribution in [0.2, 0.25) is 10.0 Å². The number of nitrogens with one attached hydrogen (secondary N) is 1. The van der Waals surface area contributed by atoms with E-state index in [4.69, 9.17) is 27.9 Å². The monoisotopic (exact) mass is 553 g/mol. The molecule has 0 saturated carbocycles. The number of aryl methyl sites for hydroxylation is 1. The van der Waals surface area contributed by atoms with Crippen molar-refractivity contribution in [2.45, 2.75) is 32.2 Å². The number of hydrogen-bond acceptors (Lipinski definition) is 6. The fourth-order valence-electron chi connectivity index (χ4n) is 3.39. The van der Waals surface area contributed by atoms with E-state index >= 15 is 0 Å². The number of carbonyl (C=O) groups excluding carboxylic acids is 1. The number of halogens is 2. The van der Waals surface area contributed by atoms with Crippen LogP contribution >= 0.6 is 35.0 Å². The molecule has 1 amide bonds. The van der Waals surface area contributed by atoms with Gasteiger partial charge in [0.05, 0.1) is 12.0 Å². The maximum Gasteiger partial charge on any atom is 0.250 e. The average molecular weight is 555 g/mol. The van der Waals surface area contributed by atoms with Gasteiger partial charge < -0.3 is 9.30 Å². The highest BCUT2D eigenvalue weighted by Gasteiger charge is 2.14. The number of benzene rings is 3. The van der Waals surface area contributed by atoms with E-state index < -0.39 is 0 Å². The maximum atomic E-state index is 12.3. The number of ether oxygens (including phenoxy) is 1. The summed E-state index contributed by atoms with van der Waals surface area (Å²) in [5.41, 5.74) is 6.39. The summed E-state index contributed by atoms with van der Waals surface area (Å²) in [7, 11) is 0. The number of rotatable bonds is 10. The van der Waals surface area contributed by atoms with Gasteiger partial charge in [-0.1, -0.05) is 70.9 Å². The van der Waals surface area contributed by atoms with Crippen LogP contribution in [0.25, 0.3) is 11.4 Å². The molecule has 3 aromatic carbocycles. The quantitative estimate of drug-likeness (QED) is 0.139. The summed E-state index contributed by atoms with van der Waals surface area (Å²) < 4.78 is 7.78. The summed E-state index contributed by atoms with van der Waals surface area (Å²) in [6, 6.07) is 20.8. The van der Waals surface area contributed by atoms with Crippen molar-refractivity contribution in [1.29, 1.82) is 0 Å². The Hall–Kier alpha value is -3.33. The van der Waals surface area contributed by atoms with Crippen LogP contribution < -0.4 is 10.2 Å². The molecule has 4 aromatic rings. The predicted molar refractivity (Wildman–Crippen MR) is 150 cm³/mol. The van der Waals surface area contributed by atoms with E-state index in [0.717, 1.165) is 22.5 Å². The van der Waals surface area contributed by atoms with Crippen LogP contribution in [-0.2, 0) is 17.9 Å². The van der Waals surface area contributed by atoms with E-state index in [9.17, 15) is 4.79 Å². The summed E-state index contributed by atoms with van der Waals surface area (Å²) >= 11 is 13.4. The summed E-state index contributed by atoms with van der Waals surface area (Å²) in [6.07, 6.45) is 1.58. The third kappa shape index (κ3) is 7.35. The molecule has 190 valence electrons. The molecule has 0 atom stereocenters. The fourth-order valence-corrected chi connectivity index (χ4v) is 4.65. The Labute approximate surface area is 229 Å². The number of hydrazone groups is 1. The fraction of sp³-hybridized carbons (Fsp3) is 0.185. The van der Waals surface area contributed by atoms with E-state index in [-0.39, 0.29) is 11.7 Å². The van der Waals surface area contributed by atoms with Crippen molar-refractivity contribution in [2.75, 3.05) is 5.75 Å².